The molecule has 5 nitrogen and oxygen atoms in total. The molecule has 2 bridgehead atoms. The van der Waals surface area contributed by atoms with Gasteiger partial charge in [0, 0.05) is 6.04 Å². The molecule has 3 heterocycles. The highest BCUT2D eigenvalue weighted by molar-refractivity contribution is 5.91. The summed E-state index contributed by atoms with van der Waals surface area (Å²) < 4.78 is 11.4. The van der Waals surface area contributed by atoms with Gasteiger partial charge >= 0.3 is 5.97 Å². The topological polar surface area (TPSA) is 55.8 Å². The Hall–Kier alpha value is -1.36. The van der Waals surface area contributed by atoms with Crippen LogP contribution < -0.4 is 0 Å². The van der Waals surface area contributed by atoms with Crippen LogP contribution in [0.1, 0.15) is 34.1 Å². The predicted octanol–water partition coefficient (Wildman–Crippen LogP) is 1.52. The van der Waals surface area contributed by atoms with Crippen molar-refractivity contribution in [3.8, 4) is 0 Å². The van der Waals surface area contributed by atoms with Crippen molar-refractivity contribution in [3.05, 3.63) is 12.2 Å². The number of likely N-dealkylation sites (tertiary alicyclic amines) is 1. The first kappa shape index (κ1) is 14.6. The van der Waals surface area contributed by atoms with Crippen LogP contribution in [0.3, 0.4) is 0 Å². The van der Waals surface area contributed by atoms with Crippen LogP contribution in [0.4, 0.5) is 0 Å². The van der Waals surface area contributed by atoms with Crippen molar-refractivity contribution < 1.29 is 19.1 Å². The zero-order valence-corrected chi connectivity index (χ0v) is 13.0. The van der Waals surface area contributed by atoms with Gasteiger partial charge in [-0.05, 0) is 27.2 Å². The predicted molar refractivity (Wildman–Crippen MR) is 76.4 cm³/mol. The van der Waals surface area contributed by atoms with Gasteiger partial charge in [0.2, 0.25) is 5.91 Å². The van der Waals surface area contributed by atoms with Crippen molar-refractivity contribution >= 4 is 11.9 Å². The van der Waals surface area contributed by atoms with Crippen molar-refractivity contribution in [3.63, 3.8) is 0 Å². The molecule has 0 aromatic carbocycles. The number of nitrogens with zero attached hydrogens (tertiary/aromatic N) is 1. The van der Waals surface area contributed by atoms with Crippen LogP contribution in [0.2, 0.25) is 0 Å². The Labute approximate surface area is 125 Å². The van der Waals surface area contributed by atoms with Gasteiger partial charge in [-0.3, -0.25) is 9.59 Å². The SMILES string of the molecule is CC[C@@H](C)N1C[C@@]23C=C[C@@H](O2)[C@H](C(=O)OC(C)C)[C@@H]3C1=O. The van der Waals surface area contributed by atoms with E-state index in [4.69, 9.17) is 9.47 Å². The number of carbonyl (C=O) groups is 2. The molecule has 2 saturated heterocycles. The van der Waals surface area contributed by atoms with E-state index in [2.05, 4.69) is 6.92 Å². The van der Waals surface area contributed by atoms with Crippen LogP contribution in [0.25, 0.3) is 0 Å². The van der Waals surface area contributed by atoms with Crippen molar-refractivity contribution in [2.45, 2.75) is 58.0 Å². The molecule has 1 amide bonds. The molecular formula is C16H23NO4. The standard InChI is InChI=1S/C16H23NO4/c1-5-10(4)17-8-16-7-6-11(21-16)12(13(16)14(17)18)15(19)20-9(2)3/h6-7,9-13H,5,8H2,1-4H3/t10-,11-,12+,13-,16-/m1/s1. The van der Waals surface area contributed by atoms with Crippen molar-refractivity contribution in [1.29, 1.82) is 0 Å². The van der Waals surface area contributed by atoms with Gasteiger partial charge in [0.05, 0.1) is 24.7 Å². The fraction of sp³-hybridized carbons (Fsp3) is 0.750. The number of carbonyl (C=O) groups excluding carboxylic acids is 2. The lowest BCUT2D eigenvalue weighted by Crippen LogP contribution is -2.41. The first-order valence-corrected chi connectivity index (χ1v) is 7.77. The van der Waals surface area contributed by atoms with Crippen LogP contribution in [-0.4, -0.2) is 47.2 Å². The van der Waals surface area contributed by atoms with Crippen LogP contribution >= 0.6 is 0 Å². The first-order chi connectivity index (χ1) is 9.89. The number of rotatable bonds is 4. The Morgan fingerprint density at radius 3 is 2.86 bits per heavy atom. The van der Waals surface area contributed by atoms with E-state index in [1.54, 1.807) is 0 Å². The molecule has 0 aliphatic carbocycles. The van der Waals surface area contributed by atoms with E-state index >= 15 is 0 Å². The summed E-state index contributed by atoms with van der Waals surface area (Å²) in [5.41, 5.74) is -0.619. The number of hydrogen-bond acceptors (Lipinski definition) is 4. The highest BCUT2D eigenvalue weighted by Gasteiger charge is 2.67. The summed E-state index contributed by atoms with van der Waals surface area (Å²) in [7, 11) is 0. The van der Waals surface area contributed by atoms with Gasteiger partial charge in [-0.1, -0.05) is 19.1 Å². The average Bonchev–Trinajstić information content (AvgIpc) is 3.05. The normalized spacial score (nSPS) is 38.2. The molecule has 21 heavy (non-hydrogen) atoms. The second-order valence-corrected chi connectivity index (χ2v) is 6.61. The lowest BCUT2D eigenvalue weighted by molar-refractivity contribution is -0.157. The zero-order chi connectivity index (χ0) is 15.4. The van der Waals surface area contributed by atoms with Crippen LogP contribution in [0.5, 0.6) is 0 Å². The number of ether oxygens (including phenoxy) is 2. The summed E-state index contributed by atoms with van der Waals surface area (Å²) in [6, 6.07) is 0.162. The molecule has 0 N–H and O–H groups in total. The Morgan fingerprint density at radius 1 is 1.52 bits per heavy atom. The first-order valence-electron chi connectivity index (χ1n) is 7.77. The second-order valence-electron chi connectivity index (χ2n) is 6.61. The lowest BCUT2D eigenvalue weighted by Gasteiger charge is -2.26. The van der Waals surface area contributed by atoms with Crippen molar-refractivity contribution in [1.82, 2.24) is 4.90 Å². The van der Waals surface area contributed by atoms with E-state index in [0.717, 1.165) is 6.42 Å². The number of fused-ring (bicyclic) bond motifs is 1. The van der Waals surface area contributed by atoms with Gasteiger partial charge in [-0.2, -0.15) is 0 Å². The van der Waals surface area contributed by atoms with Gasteiger partial charge in [0.1, 0.15) is 11.5 Å². The molecule has 0 aromatic heterocycles. The lowest BCUT2D eigenvalue weighted by atomic mass is 9.77. The van der Waals surface area contributed by atoms with Gasteiger partial charge in [0.15, 0.2) is 0 Å². The molecule has 1 spiro atoms. The maximum absolute atomic E-state index is 12.8. The highest BCUT2D eigenvalue weighted by Crippen LogP contribution is 2.52. The quantitative estimate of drug-likeness (QED) is 0.582. The minimum atomic E-state index is -0.619. The Morgan fingerprint density at radius 2 is 2.24 bits per heavy atom. The zero-order valence-electron chi connectivity index (χ0n) is 13.0. The van der Waals surface area contributed by atoms with E-state index in [0.29, 0.717) is 6.54 Å². The van der Waals surface area contributed by atoms with Gasteiger partial charge in [-0.15, -0.1) is 0 Å². The van der Waals surface area contributed by atoms with Gasteiger partial charge in [0.25, 0.3) is 0 Å². The number of hydrogen-bond donors (Lipinski definition) is 0. The molecule has 3 rings (SSSR count). The third kappa shape index (κ3) is 2.01. The Balaban J connectivity index is 1.88. The minimum absolute atomic E-state index is 0.0295. The monoisotopic (exact) mass is 293 g/mol. The second kappa shape index (κ2) is 4.83. The maximum Gasteiger partial charge on any atom is 0.313 e. The van der Waals surface area contributed by atoms with Crippen molar-refractivity contribution in [2.75, 3.05) is 6.54 Å². The molecule has 3 aliphatic rings. The number of esters is 1. The summed E-state index contributed by atoms with van der Waals surface area (Å²) in [6.45, 7) is 8.28. The van der Waals surface area contributed by atoms with Crippen LogP contribution in [0, 0.1) is 11.8 Å². The van der Waals surface area contributed by atoms with Crippen molar-refractivity contribution in [2.24, 2.45) is 11.8 Å². The molecule has 3 aliphatic heterocycles. The van der Waals surface area contributed by atoms with Gasteiger partial charge < -0.3 is 14.4 Å². The molecule has 0 unspecified atom stereocenters. The molecule has 0 aromatic rings. The summed E-state index contributed by atoms with van der Waals surface area (Å²) in [5, 5.41) is 0. The molecule has 5 heteroatoms. The molecule has 0 saturated carbocycles. The Kier molecular flexibility index (Phi) is 3.35. The van der Waals surface area contributed by atoms with E-state index in [1.165, 1.54) is 0 Å². The largest absolute Gasteiger partial charge is 0.463 e. The van der Waals surface area contributed by atoms with E-state index in [9.17, 15) is 9.59 Å². The smallest absolute Gasteiger partial charge is 0.313 e. The maximum atomic E-state index is 12.8. The molecule has 5 atom stereocenters. The fourth-order valence-corrected chi connectivity index (χ4v) is 3.70. The fourth-order valence-electron chi connectivity index (χ4n) is 3.70. The molecule has 2 fully saturated rings. The number of amides is 1. The summed E-state index contributed by atoms with van der Waals surface area (Å²) >= 11 is 0. The minimum Gasteiger partial charge on any atom is -0.463 e. The molecular weight excluding hydrogens is 270 g/mol. The summed E-state index contributed by atoms with van der Waals surface area (Å²) in [6.07, 6.45) is 4.28. The van der Waals surface area contributed by atoms with Crippen LogP contribution in [-0.2, 0) is 19.1 Å². The summed E-state index contributed by atoms with van der Waals surface area (Å²) in [4.78, 5) is 27.0. The van der Waals surface area contributed by atoms with E-state index < -0.39 is 17.4 Å². The van der Waals surface area contributed by atoms with E-state index in [-0.39, 0.29) is 30.1 Å². The van der Waals surface area contributed by atoms with Crippen LogP contribution in [0.15, 0.2) is 12.2 Å². The third-order valence-corrected chi connectivity index (χ3v) is 4.88. The van der Waals surface area contributed by atoms with Gasteiger partial charge in [-0.25, -0.2) is 0 Å². The Bertz CT molecular complexity index is 501. The average molecular weight is 293 g/mol. The molecule has 116 valence electrons. The third-order valence-electron chi connectivity index (χ3n) is 4.88. The van der Waals surface area contributed by atoms with E-state index in [1.807, 2.05) is 37.8 Å². The summed E-state index contributed by atoms with van der Waals surface area (Å²) in [5.74, 6) is -1.21. The molecule has 0 radical (unpaired) electrons. The highest BCUT2D eigenvalue weighted by atomic mass is 16.6.